The van der Waals surface area contributed by atoms with Crippen molar-refractivity contribution < 1.29 is 26.7 Å². The molecule has 2 fully saturated rings. The summed E-state index contributed by atoms with van der Waals surface area (Å²) in [5.74, 6) is -0.764. The summed E-state index contributed by atoms with van der Waals surface area (Å²) >= 11 is 0. The number of nitrogens with zero attached hydrogens (tertiary/aromatic N) is 3. The Labute approximate surface area is 228 Å². The number of sulfone groups is 2. The third-order valence-corrected chi connectivity index (χ3v) is 9.98. The SMILES string of the molecule is N#CC(=CC=CC=C(c1ccc(N2CCS(=O)(=O)CC2)cc1)c1ccc(N2CCS(=O)(=O)CC2)cc1)C(=O)O. The highest BCUT2D eigenvalue weighted by Crippen LogP contribution is 2.29. The molecule has 2 saturated heterocycles. The van der Waals surface area contributed by atoms with Crippen LogP contribution in [0.5, 0.6) is 0 Å². The topological polar surface area (TPSA) is 136 Å². The van der Waals surface area contributed by atoms with Crippen LogP contribution in [0.15, 0.2) is 78.4 Å². The van der Waals surface area contributed by atoms with E-state index in [0.29, 0.717) is 26.2 Å². The van der Waals surface area contributed by atoms with Crippen LogP contribution in [0.3, 0.4) is 0 Å². The van der Waals surface area contributed by atoms with Gasteiger partial charge >= 0.3 is 5.97 Å². The second-order valence-corrected chi connectivity index (χ2v) is 13.9. The Morgan fingerprint density at radius 3 is 1.46 bits per heavy atom. The molecule has 2 aliphatic rings. The van der Waals surface area contributed by atoms with Gasteiger partial charge in [-0.2, -0.15) is 5.26 Å². The van der Waals surface area contributed by atoms with Crippen molar-refractivity contribution in [1.82, 2.24) is 0 Å². The minimum Gasteiger partial charge on any atom is -0.477 e. The monoisotopic (exact) mass is 567 g/mol. The van der Waals surface area contributed by atoms with Crippen molar-refractivity contribution in [3.05, 3.63) is 89.5 Å². The van der Waals surface area contributed by atoms with E-state index in [-0.39, 0.29) is 28.6 Å². The molecule has 0 spiro atoms. The lowest BCUT2D eigenvalue weighted by molar-refractivity contribution is -0.132. The van der Waals surface area contributed by atoms with Crippen molar-refractivity contribution in [3.63, 3.8) is 0 Å². The van der Waals surface area contributed by atoms with E-state index in [1.54, 1.807) is 12.1 Å². The smallest absolute Gasteiger partial charge is 0.346 e. The fourth-order valence-corrected chi connectivity index (χ4v) is 6.87. The highest BCUT2D eigenvalue weighted by molar-refractivity contribution is 7.91. The Morgan fingerprint density at radius 1 is 0.718 bits per heavy atom. The van der Waals surface area contributed by atoms with Crippen LogP contribution in [0.25, 0.3) is 5.57 Å². The molecular formula is C28H29N3O6S2. The number of benzene rings is 2. The van der Waals surface area contributed by atoms with Gasteiger partial charge in [-0.05, 0) is 47.0 Å². The van der Waals surface area contributed by atoms with Crippen molar-refractivity contribution in [2.75, 3.05) is 59.0 Å². The Bertz CT molecular complexity index is 1450. The first-order valence-corrected chi connectivity index (χ1v) is 16.0. The number of carbonyl (C=O) groups is 1. The van der Waals surface area contributed by atoms with E-state index < -0.39 is 25.6 Å². The van der Waals surface area contributed by atoms with Crippen molar-refractivity contribution in [1.29, 1.82) is 5.26 Å². The zero-order chi connectivity index (χ0) is 28.0. The van der Waals surface area contributed by atoms with E-state index >= 15 is 0 Å². The molecule has 2 aromatic carbocycles. The molecule has 204 valence electrons. The maximum absolute atomic E-state index is 11.8. The molecule has 2 heterocycles. The van der Waals surface area contributed by atoms with Gasteiger partial charge in [0.1, 0.15) is 11.6 Å². The maximum Gasteiger partial charge on any atom is 0.346 e. The third kappa shape index (κ3) is 7.37. The van der Waals surface area contributed by atoms with Gasteiger partial charge in [0.05, 0.1) is 23.0 Å². The summed E-state index contributed by atoms with van der Waals surface area (Å²) in [5.41, 5.74) is 4.14. The van der Waals surface area contributed by atoms with E-state index in [9.17, 15) is 21.6 Å². The second kappa shape index (κ2) is 11.9. The molecule has 0 aliphatic carbocycles. The van der Waals surface area contributed by atoms with Gasteiger partial charge in [0.25, 0.3) is 0 Å². The Morgan fingerprint density at radius 2 is 1.10 bits per heavy atom. The van der Waals surface area contributed by atoms with E-state index in [1.807, 2.05) is 64.4 Å². The fraction of sp³-hybridized carbons (Fsp3) is 0.286. The number of rotatable bonds is 7. The van der Waals surface area contributed by atoms with Gasteiger partial charge < -0.3 is 14.9 Å². The number of hydrogen-bond donors (Lipinski definition) is 1. The number of hydrogen-bond acceptors (Lipinski definition) is 8. The van der Waals surface area contributed by atoms with Gasteiger partial charge in [0.15, 0.2) is 19.7 Å². The molecule has 39 heavy (non-hydrogen) atoms. The first-order valence-electron chi connectivity index (χ1n) is 12.4. The van der Waals surface area contributed by atoms with Gasteiger partial charge in [0.2, 0.25) is 0 Å². The van der Waals surface area contributed by atoms with Crippen LogP contribution in [-0.2, 0) is 24.5 Å². The number of nitriles is 1. The second-order valence-electron chi connectivity index (χ2n) is 9.33. The molecule has 0 amide bonds. The minimum atomic E-state index is -2.98. The van der Waals surface area contributed by atoms with Gasteiger partial charge in [-0.1, -0.05) is 42.5 Å². The molecule has 0 radical (unpaired) electrons. The van der Waals surface area contributed by atoms with Crippen LogP contribution in [-0.4, -0.2) is 77.1 Å². The number of allylic oxidation sites excluding steroid dienone is 4. The average Bonchev–Trinajstić information content (AvgIpc) is 2.91. The number of carboxylic acids is 1. The van der Waals surface area contributed by atoms with Crippen molar-refractivity contribution >= 4 is 42.6 Å². The highest BCUT2D eigenvalue weighted by atomic mass is 32.2. The van der Waals surface area contributed by atoms with Crippen LogP contribution in [0.2, 0.25) is 0 Å². The molecule has 4 rings (SSSR count). The first-order chi connectivity index (χ1) is 18.6. The quantitative estimate of drug-likeness (QED) is 0.304. The third-order valence-electron chi connectivity index (χ3n) is 6.76. The maximum atomic E-state index is 11.8. The van der Waals surface area contributed by atoms with E-state index in [4.69, 9.17) is 10.4 Å². The predicted octanol–water partition coefficient (Wildman–Crippen LogP) is 2.68. The zero-order valence-electron chi connectivity index (χ0n) is 21.2. The summed E-state index contributed by atoms with van der Waals surface area (Å²) in [6.07, 6.45) is 6.23. The molecule has 0 bridgehead atoms. The number of carboxylic acid groups (broad SMARTS) is 1. The molecule has 1 N–H and O–H groups in total. The summed E-state index contributed by atoms with van der Waals surface area (Å²) < 4.78 is 47.1. The molecule has 0 atom stereocenters. The molecular weight excluding hydrogens is 538 g/mol. The Kier molecular flexibility index (Phi) is 8.57. The Balaban J connectivity index is 1.60. The van der Waals surface area contributed by atoms with Crippen LogP contribution in [0.1, 0.15) is 11.1 Å². The number of aliphatic carboxylic acids is 1. The minimum absolute atomic E-state index is 0.133. The van der Waals surface area contributed by atoms with Crippen LogP contribution < -0.4 is 9.80 Å². The summed E-state index contributed by atoms with van der Waals surface area (Å²) in [6, 6.07) is 17.3. The summed E-state index contributed by atoms with van der Waals surface area (Å²) in [6.45, 7) is 1.79. The molecule has 2 aromatic rings. The van der Waals surface area contributed by atoms with E-state index in [2.05, 4.69) is 0 Å². The van der Waals surface area contributed by atoms with Gasteiger partial charge in [-0.15, -0.1) is 0 Å². The zero-order valence-corrected chi connectivity index (χ0v) is 22.9. The lowest BCUT2D eigenvalue weighted by atomic mass is 9.96. The summed E-state index contributed by atoms with van der Waals surface area (Å²) in [7, 11) is -5.96. The van der Waals surface area contributed by atoms with Gasteiger partial charge in [-0.3, -0.25) is 0 Å². The van der Waals surface area contributed by atoms with Gasteiger partial charge in [-0.25, -0.2) is 21.6 Å². The predicted molar refractivity (Wildman–Crippen MR) is 152 cm³/mol. The van der Waals surface area contributed by atoms with Crippen LogP contribution >= 0.6 is 0 Å². The molecule has 0 saturated carbocycles. The van der Waals surface area contributed by atoms with Crippen molar-refractivity contribution in [2.45, 2.75) is 0 Å². The average molecular weight is 568 g/mol. The molecule has 11 heteroatoms. The standard InChI is InChI=1S/C28H29N3O6S2/c29-21-24(28(32)33)3-1-2-4-27(22-5-9-25(10-6-22)30-13-17-38(34,35)18-14-30)23-7-11-26(12-8-23)31-15-19-39(36,37)20-16-31/h1-12H,13-20H2,(H,32,33). The fourth-order valence-electron chi connectivity index (χ4n) is 4.46. The number of anilines is 2. The van der Waals surface area contributed by atoms with Crippen LogP contribution in [0, 0.1) is 11.3 Å². The molecule has 2 aliphatic heterocycles. The molecule has 0 aromatic heterocycles. The lowest BCUT2D eigenvalue weighted by Crippen LogP contribution is -2.40. The van der Waals surface area contributed by atoms with Crippen molar-refractivity contribution in [3.8, 4) is 6.07 Å². The Hall–Kier alpha value is -3.88. The normalized spacial score (nSPS) is 18.9. The largest absolute Gasteiger partial charge is 0.477 e. The summed E-state index contributed by atoms with van der Waals surface area (Å²) in [5, 5.41) is 18.0. The summed E-state index contributed by atoms with van der Waals surface area (Å²) in [4.78, 5) is 15.2. The molecule has 9 nitrogen and oxygen atoms in total. The molecule has 0 unspecified atom stereocenters. The first kappa shape index (κ1) is 28.1. The van der Waals surface area contributed by atoms with E-state index in [1.165, 1.54) is 12.2 Å². The van der Waals surface area contributed by atoms with Gasteiger partial charge in [0, 0.05) is 37.6 Å². The lowest BCUT2D eigenvalue weighted by Gasteiger charge is -2.29. The highest BCUT2D eigenvalue weighted by Gasteiger charge is 2.23. The van der Waals surface area contributed by atoms with Crippen LogP contribution in [0.4, 0.5) is 11.4 Å². The van der Waals surface area contributed by atoms with Crippen molar-refractivity contribution in [2.24, 2.45) is 0 Å². The van der Waals surface area contributed by atoms with E-state index in [0.717, 1.165) is 28.1 Å².